The minimum Gasteiger partial charge on any atom is -0.379 e. The Bertz CT molecular complexity index is 591. The highest BCUT2D eigenvalue weighted by Crippen LogP contribution is 2.41. The molecular formula is C15H19F3N4S. The lowest BCUT2D eigenvalue weighted by molar-refractivity contribution is -0.141. The number of pyridine rings is 1. The van der Waals surface area contributed by atoms with E-state index in [0.29, 0.717) is 35.8 Å². The summed E-state index contributed by atoms with van der Waals surface area (Å²) in [6.07, 6.45) is 0.814. The number of fused-ring (bicyclic) bond motifs is 2. The van der Waals surface area contributed by atoms with E-state index < -0.39 is 11.9 Å². The molecule has 0 aromatic carbocycles. The minimum atomic E-state index is -4.41. The average molecular weight is 344 g/mol. The zero-order valence-corrected chi connectivity index (χ0v) is 13.6. The molecule has 126 valence electrons. The topological polar surface area (TPSA) is 54.5 Å². The number of aliphatic imine (C=N–C) groups is 1. The molecule has 1 aromatic heterocycles. The Morgan fingerprint density at radius 1 is 1.35 bits per heavy atom. The fourth-order valence-corrected chi connectivity index (χ4v) is 3.81. The van der Waals surface area contributed by atoms with E-state index in [1.807, 2.05) is 11.2 Å². The van der Waals surface area contributed by atoms with Crippen LogP contribution in [0.15, 0.2) is 23.3 Å². The molecule has 3 atom stereocenters. The number of nitrogens with zero attached hydrogens (tertiary/aromatic N) is 3. The molecule has 2 N–H and O–H groups in total. The van der Waals surface area contributed by atoms with Gasteiger partial charge in [-0.05, 0) is 43.1 Å². The molecule has 0 radical (unpaired) electrons. The molecule has 1 saturated carbocycles. The van der Waals surface area contributed by atoms with Crippen LogP contribution in [0.2, 0.25) is 0 Å². The van der Waals surface area contributed by atoms with Crippen LogP contribution in [0.4, 0.5) is 18.9 Å². The van der Waals surface area contributed by atoms with E-state index in [1.165, 1.54) is 18.0 Å². The van der Waals surface area contributed by atoms with Gasteiger partial charge in [0.1, 0.15) is 5.69 Å². The van der Waals surface area contributed by atoms with E-state index in [2.05, 4.69) is 9.98 Å². The molecular weight excluding hydrogens is 325 g/mol. The van der Waals surface area contributed by atoms with Gasteiger partial charge in [0, 0.05) is 25.0 Å². The number of hydrogen-bond acceptors (Lipinski definition) is 4. The van der Waals surface area contributed by atoms with Crippen molar-refractivity contribution in [1.82, 2.24) is 4.98 Å². The third-order valence-corrected chi connectivity index (χ3v) is 5.19. The maximum atomic E-state index is 12.8. The van der Waals surface area contributed by atoms with E-state index in [-0.39, 0.29) is 6.04 Å². The lowest BCUT2D eigenvalue weighted by atomic mass is 9.92. The highest BCUT2D eigenvalue weighted by molar-refractivity contribution is 8.13. The van der Waals surface area contributed by atoms with Crippen molar-refractivity contribution >= 4 is 22.6 Å². The highest BCUT2D eigenvalue weighted by atomic mass is 32.2. The summed E-state index contributed by atoms with van der Waals surface area (Å²) in [5.41, 5.74) is 5.58. The number of anilines is 1. The van der Waals surface area contributed by atoms with Gasteiger partial charge in [0.15, 0.2) is 5.17 Å². The maximum Gasteiger partial charge on any atom is 0.433 e. The van der Waals surface area contributed by atoms with Crippen molar-refractivity contribution < 1.29 is 13.2 Å². The van der Waals surface area contributed by atoms with E-state index in [9.17, 15) is 13.2 Å². The molecule has 2 bridgehead atoms. The molecule has 0 spiro atoms. The van der Waals surface area contributed by atoms with Crippen LogP contribution in [0.3, 0.4) is 0 Å². The van der Waals surface area contributed by atoms with Gasteiger partial charge in [-0.1, -0.05) is 11.8 Å². The molecule has 23 heavy (non-hydrogen) atoms. The van der Waals surface area contributed by atoms with Gasteiger partial charge in [-0.3, -0.25) is 9.98 Å². The number of halogens is 3. The number of hydrogen-bond donors (Lipinski definition) is 1. The number of amidine groups is 1. The zero-order chi connectivity index (χ0) is 16.6. The van der Waals surface area contributed by atoms with E-state index in [0.717, 1.165) is 18.9 Å². The number of aromatic nitrogens is 1. The van der Waals surface area contributed by atoms with Crippen LogP contribution >= 0.6 is 11.8 Å². The molecule has 4 nitrogen and oxygen atoms in total. The molecule has 2 heterocycles. The first-order valence-corrected chi connectivity index (χ1v) is 8.76. The van der Waals surface area contributed by atoms with Crippen LogP contribution in [0.5, 0.6) is 0 Å². The van der Waals surface area contributed by atoms with Gasteiger partial charge in [-0.15, -0.1) is 0 Å². The SMILES string of the molecule is CS/C(N)=N\[C@@H]1C2CC[C@H]1CN(c1ccnc(C(F)(F)F)c1)C2. The van der Waals surface area contributed by atoms with Crippen LogP contribution in [0, 0.1) is 11.8 Å². The Labute approximate surface area is 137 Å². The number of nitrogens with two attached hydrogens (primary N) is 1. The quantitative estimate of drug-likeness (QED) is 0.662. The zero-order valence-electron chi connectivity index (χ0n) is 12.8. The maximum absolute atomic E-state index is 12.8. The largest absolute Gasteiger partial charge is 0.433 e. The summed E-state index contributed by atoms with van der Waals surface area (Å²) in [5.74, 6) is 0.698. The molecule has 8 heteroatoms. The Kier molecular flexibility index (Phi) is 4.44. The average Bonchev–Trinajstić information content (AvgIpc) is 2.75. The second-order valence-electron chi connectivity index (χ2n) is 6.06. The first-order valence-electron chi connectivity index (χ1n) is 7.54. The fraction of sp³-hybridized carbons (Fsp3) is 0.600. The standard InChI is InChI=1S/C15H19F3N4S/c1-23-14(19)21-13-9-2-3-10(13)8-22(7-9)11-4-5-20-12(6-11)15(16,17)18/h4-6,9-10,13H,2-3,7-8H2,1H3,(H2,19,21)/t9-,10?,13-/m0/s1. The van der Waals surface area contributed by atoms with Crippen molar-refractivity contribution in [2.24, 2.45) is 22.6 Å². The van der Waals surface area contributed by atoms with Crippen molar-refractivity contribution in [3.63, 3.8) is 0 Å². The lowest BCUT2D eigenvalue weighted by Gasteiger charge is -2.37. The molecule has 1 unspecified atom stereocenters. The number of piperidine rings is 1. The van der Waals surface area contributed by atoms with Gasteiger partial charge in [0.2, 0.25) is 0 Å². The smallest absolute Gasteiger partial charge is 0.379 e. The van der Waals surface area contributed by atoms with Crippen molar-refractivity contribution in [2.45, 2.75) is 25.1 Å². The number of alkyl halides is 3. The van der Waals surface area contributed by atoms with Crippen molar-refractivity contribution in [1.29, 1.82) is 0 Å². The summed E-state index contributed by atoms with van der Waals surface area (Å²) < 4.78 is 38.5. The molecule has 1 aliphatic carbocycles. The predicted octanol–water partition coefficient (Wildman–Crippen LogP) is 2.99. The van der Waals surface area contributed by atoms with Crippen LogP contribution in [-0.2, 0) is 6.18 Å². The van der Waals surface area contributed by atoms with E-state index in [1.54, 1.807) is 6.07 Å². The number of thioether (sulfide) groups is 1. The minimum absolute atomic E-state index is 0.197. The summed E-state index contributed by atoms with van der Waals surface area (Å²) in [6.45, 7) is 1.43. The van der Waals surface area contributed by atoms with Crippen LogP contribution in [0.25, 0.3) is 0 Å². The molecule has 2 aliphatic rings. The second kappa shape index (κ2) is 6.22. The van der Waals surface area contributed by atoms with E-state index >= 15 is 0 Å². The van der Waals surface area contributed by atoms with Gasteiger partial charge in [0.05, 0.1) is 6.04 Å². The summed E-state index contributed by atoms with van der Waals surface area (Å²) in [6, 6.07) is 2.98. The Morgan fingerprint density at radius 2 is 2.00 bits per heavy atom. The first-order chi connectivity index (χ1) is 10.9. The third kappa shape index (κ3) is 3.41. The lowest BCUT2D eigenvalue weighted by Crippen LogP contribution is -2.44. The Hall–Kier alpha value is -1.44. The van der Waals surface area contributed by atoms with Crippen LogP contribution in [0.1, 0.15) is 18.5 Å². The fourth-order valence-electron chi connectivity index (χ4n) is 3.59. The molecule has 0 amide bonds. The summed E-state index contributed by atoms with van der Waals surface area (Å²) in [5, 5.41) is 0.587. The van der Waals surface area contributed by atoms with Crippen LogP contribution in [-0.4, -0.2) is 35.5 Å². The summed E-state index contributed by atoms with van der Waals surface area (Å²) >= 11 is 1.43. The molecule has 1 saturated heterocycles. The molecule has 2 fully saturated rings. The Balaban J connectivity index is 1.78. The van der Waals surface area contributed by atoms with Gasteiger partial charge in [-0.2, -0.15) is 13.2 Å². The highest BCUT2D eigenvalue weighted by Gasteiger charge is 2.42. The molecule has 1 aromatic rings. The van der Waals surface area contributed by atoms with Crippen molar-refractivity contribution in [3.05, 3.63) is 24.0 Å². The monoisotopic (exact) mass is 344 g/mol. The van der Waals surface area contributed by atoms with Gasteiger partial charge in [0.25, 0.3) is 0 Å². The first kappa shape index (κ1) is 16.4. The summed E-state index contributed by atoms with van der Waals surface area (Å²) in [4.78, 5) is 10.1. The van der Waals surface area contributed by atoms with Crippen molar-refractivity contribution in [3.8, 4) is 0 Å². The van der Waals surface area contributed by atoms with Crippen molar-refractivity contribution in [2.75, 3.05) is 24.2 Å². The van der Waals surface area contributed by atoms with Gasteiger partial charge >= 0.3 is 6.18 Å². The molecule has 3 rings (SSSR count). The Morgan fingerprint density at radius 3 is 2.57 bits per heavy atom. The van der Waals surface area contributed by atoms with Gasteiger partial charge in [-0.25, -0.2) is 0 Å². The third-order valence-electron chi connectivity index (χ3n) is 4.67. The van der Waals surface area contributed by atoms with Gasteiger partial charge < -0.3 is 10.6 Å². The second-order valence-corrected chi connectivity index (χ2v) is 6.89. The van der Waals surface area contributed by atoms with E-state index in [4.69, 9.17) is 5.73 Å². The summed E-state index contributed by atoms with van der Waals surface area (Å²) in [7, 11) is 0. The molecule has 1 aliphatic heterocycles. The normalized spacial score (nSPS) is 28.3. The predicted molar refractivity (Wildman–Crippen MR) is 86.6 cm³/mol. The number of rotatable bonds is 2. The van der Waals surface area contributed by atoms with Crippen LogP contribution < -0.4 is 10.6 Å².